The maximum Gasteiger partial charge on any atom is 0.0329 e. The van der Waals surface area contributed by atoms with Crippen molar-refractivity contribution < 1.29 is 0 Å². The summed E-state index contributed by atoms with van der Waals surface area (Å²) in [6.07, 6.45) is 5.63. The molecule has 3 rings (SSSR count). The summed E-state index contributed by atoms with van der Waals surface area (Å²) in [6, 6.07) is 8.51. The molecule has 2 aromatic rings. The van der Waals surface area contributed by atoms with Crippen molar-refractivity contribution in [2.24, 2.45) is 5.92 Å². The third kappa shape index (κ3) is 1.78. The molecule has 1 unspecified atom stereocenters. The van der Waals surface area contributed by atoms with Crippen LogP contribution in [0.4, 0.5) is 0 Å². The second-order valence-electron chi connectivity index (χ2n) is 4.61. The second kappa shape index (κ2) is 4.25. The lowest BCUT2D eigenvalue weighted by atomic mass is 9.89. The fourth-order valence-electron chi connectivity index (χ4n) is 2.45. The zero-order chi connectivity index (χ0) is 12.0. The summed E-state index contributed by atoms with van der Waals surface area (Å²) in [4.78, 5) is 0. The monoisotopic (exact) mass is 350 g/mol. The molecule has 0 heterocycles. The molecule has 1 aliphatic rings. The molecule has 0 fully saturated rings. The van der Waals surface area contributed by atoms with Gasteiger partial charge in [-0.25, -0.2) is 0 Å². The van der Waals surface area contributed by atoms with Gasteiger partial charge in [0.05, 0.1) is 0 Å². The highest BCUT2D eigenvalue weighted by molar-refractivity contribution is 9.11. The predicted octanol–water partition coefficient (Wildman–Crippen LogP) is 5.57. The van der Waals surface area contributed by atoms with Crippen molar-refractivity contribution in [1.29, 1.82) is 0 Å². The van der Waals surface area contributed by atoms with Crippen molar-refractivity contribution in [3.05, 3.63) is 50.4 Å². The third-order valence-corrected chi connectivity index (χ3v) is 5.10. The van der Waals surface area contributed by atoms with E-state index in [1.807, 2.05) is 0 Å². The van der Waals surface area contributed by atoms with Gasteiger partial charge in [-0.1, -0.05) is 43.3 Å². The smallest absolute Gasteiger partial charge is 0.0329 e. The first-order valence-electron chi connectivity index (χ1n) is 5.75. The molecule has 0 aromatic heterocycles. The molecule has 1 aliphatic carbocycles. The summed E-state index contributed by atoms with van der Waals surface area (Å²) in [6.45, 7) is 2.26. The molecule has 0 saturated carbocycles. The zero-order valence-corrected chi connectivity index (χ0v) is 12.7. The quantitative estimate of drug-likeness (QED) is 0.582. The maximum absolute atomic E-state index is 3.77. The van der Waals surface area contributed by atoms with Crippen molar-refractivity contribution in [2.45, 2.75) is 13.3 Å². The Morgan fingerprint density at radius 2 is 1.71 bits per heavy atom. The van der Waals surface area contributed by atoms with Gasteiger partial charge in [0.2, 0.25) is 0 Å². The van der Waals surface area contributed by atoms with Crippen molar-refractivity contribution in [3.8, 4) is 0 Å². The molecule has 86 valence electrons. The summed E-state index contributed by atoms with van der Waals surface area (Å²) in [5.74, 6) is 0.617. The van der Waals surface area contributed by atoms with Crippen molar-refractivity contribution in [3.63, 3.8) is 0 Å². The van der Waals surface area contributed by atoms with E-state index < -0.39 is 0 Å². The summed E-state index contributed by atoms with van der Waals surface area (Å²) in [7, 11) is 0. The largest absolute Gasteiger partial charge is 0.0807 e. The van der Waals surface area contributed by atoms with E-state index in [1.54, 1.807) is 0 Å². The minimum absolute atomic E-state index is 0.617. The summed E-state index contributed by atoms with van der Waals surface area (Å²) < 4.78 is 2.47. The van der Waals surface area contributed by atoms with Crippen LogP contribution in [0.3, 0.4) is 0 Å². The van der Waals surface area contributed by atoms with Crippen LogP contribution >= 0.6 is 31.9 Å². The topological polar surface area (TPSA) is 0 Å². The van der Waals surface area contributed by atoms with Crippen LogP contribution in [0.15, 0.2) is 39.3 Å². The molecule has 0 spiro atoms. The molecule has 2 aromatic carbocycles. The van der Waals surface area contributed by atoms with Gasteiger partial charge in [0.25, 0.3) is 0 Å². The minimum Gasteiger partial charge on any atom is -0.0807 e. The van der Waals surface area contributed by atoms with Gasteiger partial charge in [0.1, 0.15) is 0 Å². The predicted molar refractivity (Wildman–Crippen MR) is 81.3 cm³/mol. The summed E-state index contributed by atoms with van der Waals surface area (Å²) >= 11 is 7.52. The minimum atomic E-state index is 0.617. The molecule has 0 radical (unpaired) electrons. The Balaban J connectivity index is 2.43. The molecule has 0 nitrogen and oxygen atoms in total. The summed E-state index contributed by atoms with van der Waals surface area (Å²) in [5.41, 5.74) is 2.75. The highest BCUT2D eigenvalue weighted by Gasteiger charge is 2.18. The Bertz CT molecular complexity index is 626. The molecule has 17 heavy (non-hydrogen) atoms. The molecular formula is C15H12Br2. The molecule has 0 amide bonds. The van der Waals surface area contributed by atoms with Gasteiger partial charge in [0.15, 0.2) is 0 Å². The first-order chi connectivity index (χ1) is 8.18. The normalized spacial score (nSPS) is 18.4. The van der Waals surface area contributed by atoms with E-state index in [0.29, 0.717) is 5.92 Å². The van der Waals surface area contributed by atoms with Crippen LogP contribution in [-0.2, 0) is 6.42 Å². The fraction of sp³-hybridized carbons (Fsp3) is 0.200. The molecular weight excluding hydrogens is 340 g/mol. The lowest BCUT2D eigenvalue weighted by Crippen LogP contribution is -2.05. The standard InChI is InChI=1S/C15H12Br2/c1-9-6-7-12-13(8-9)15(17)11-5-3-2-4-10(11)14(12)16/h2-7,9H,8H2,1H3. The van der Waals surface area contributed by atoms with Crippen LogP contribution in [0, 0.1) is 5.92 Å². The van der Waals surface area contributed by atoms with Crippen LogP contribution < -0.4 is 0 Å². The van der Waals surface area contributed by atoms with E-state index in [1.165, 1.54) is 30.8 Å². The Labute approximate surface area is 118 Å². The van der Waals surface area contributed by atoms with Crippen molar-refractivity contribution in [1.82, 2.24) is 0 Å². The van der Waals surface area contributed by atoms with Crippen LogP contribution in [0.2, 0.25) is 0 Å². The lowest BCUT2D eigenvalue weighted by molar-refractivity contribution is 0.715. The number of benzene rings is 2. The van der Waals surface area contributed by atoms with Gasteiger partial charge in [-0.3, -0.25) is 0 Å². The van der Waals surface area contributed by atoms with E-state index >= 15 is 0 Å². The summed E-state index contributed by atoms with van der Waals surface area (Å²) in [5, 5.41) is 2.57. The van der Waals surface area contributed by atoms with Crippen LogP contribution in [0.5, 0.6) is 0 Å². The molecule has 0 aliphatic heterocycles. The van der Waals surface area contributed by atoms with Crippen molar-refractivity contribution >= 4 is 48.7 Å². The number of hydrogen-bond acceptors (Lipinski definition) is 0. The number of rotatable bonds is 0. The first kappa shape index (κ1) is 11.5. The van der Waals surface area contributed by atoms with E-state index in [9.17, 15) is 0 Å². The van der Waals surface area contributed by atoms with Crippen LogP contribution in [0.1, 0.15) is 18.1 Å². The third-order valence-electron chi connectivity index (χ3n) is 3.34. The second-order valence-corrected chi connectivity index (χ2v) is 6.19. The molecule has 0 bridgehead atoms. The van der Waals surface area contributed by atoms with Gasteiger partial charge in [-0.15, -0.1) is 0 Å². The van der Waals surface area contributed by atoms with E-state index in [-0.39, 0.29) is 0 Å². The average molecular weight is 352 g/mol. The van der Waals surface area contributed by atoms with Gasteiger partial charge >= 0.3 is 0 Å². The molecule has 1 atom stereocenters. The van der Waals surface area contributed by atoms with Gasteiger partial charge in [-0.2, -0.15) is 0 Å². The van der Waals surface area contributed by atoms with E-state index in [4.69, 9.17) is 0 Å². The maximum atomic E-state index is 3.77. The Hall–Kier alpha value is -0.600. The highest BCUT2D eigenvalue weighted by atomic mass is 79.9. The Morgan fingerprint density at radius 1 is 1.06 bits per heavy atom. The number of allylic oxidation sites excluding steroid dienone is 1. The van der Waals surface area contributed by atoms with Gasteiger partial charge in [0, 0.05) is 8.95 Å². The molecule has 0 saturated heterocycles. The first-order valence-corrected chi connectivity index (χ1v) is 7.34. The number of halogens is 2. The lowest BCUT2D eigenvalue weighted by Gasteiger charge is -2.20. The molecule has 0 N–H and O–H groups in total. The number of fused-ring (bicyclic) bond motifs is 2. The van der Waals surface area contributed by atoms with Crippen LogP contribution in [-0.4, -0.2) is 0 Å². The molecule has 2 heteroatoms. The Kier molecular flexibility index (Phi) is 2.87. The highest BCUT2D eigenvalue weighted by Crippen LogP contribution is 2.41. The SMILES string of the molecule is CC1C=Cc2c(c(Br)c3ccccc3c2Br)C1. The van der Waals surface area contributed by atoms with Gasteiger partial charge in [-0.05, 0) is 66.1 Å². The zero-order valence-electron chi connectivity index (χ0n) is 9.50. The van der Waals surface area contributed by atoms with E-state index in [2.05, 4.69) is 75.2 Å². The van der Waals surface area contributed by atoms with Crippen LogP contribution in [0.25, 0.3) is 16.8 Å². The fourth-order valence-corrected chi connectivity index (χ4v) is 3.89. The van der Waals surface area contributed by atoms with E-state index in [0.717, 1.165) is 6.42 Å². The number of hydrogen-bond donors (Lipinski definition) is 0. The van der Waals surface area contributed by atoms with Crippen molar-refractivity contribution in [2.75, 3.05) is 0 Å². The Morgan fingerprint density at radius 3 is 2.41 bits per heavy atom. The van der Waals surface area contributed by atoms with Gasteiger partial charge < -0.3 is 0 Å². The average Bonchev–Trinajstić information content (AvgIpc) is 2.36.